The van der Waals surface area contributed by atoms with Crippen molar-refractivity contribution in [2.24, 2.45) is 17.8 Å². The maximum atomic E-state index is 15.0. The predicted octanol–water partition coefficient (Wildman–Crippen LogP) is 8.66. The van der Waals surface area contributed by atoms with E-state index in [1.807, 2.05) is 6.07 Å². The van der Waals surface area contributed by atoms with Crippen molar-refractivity contribution in [1.82, 2.24) is 0 Å². The highest BCUT2D eigenvalue weighted by Crippen LogP contribution is 2.48. The summed E-state index contributed by atoms with van der Waals surface area (Å²) in [4.78, 5) is 0. The van der Waals surface area contributed by atoms with Crippen molar-refractivity contribution in [2.75, 3.05) is 7.11 Å². The predicted molar refractivity (Wildman–Crippen MR) is 123 cm³/mol. The second-order valence-corrected chi connectivity index (χ2v) is 9.92. The van der Waals surface area contributed by atoms with Crippen LogP contribution in [0.3, 0.4) is 0 Å². The minimum Gasteiger partial charge on any atom is -0.491 e. The number of methoxy groups -OCH3 is 1. The molecule has 1 nitrogen and oxygen atoms in total. The fraction of sp³-hybridized carbons (Fsp3) is 0.571. The Morgan fingerprint density at radius 1 is 0.844 bits per heavy atom. The van der Waals surface area contributed by atoms with Crippen LogP contribution < -0.4 is 4.74 Å². The molecule has 2 aromatic rings. The summed E-state index contributed by atoms with van der Waals surface area (Å²) in [7, 11) is 1.21. The molecule has 174 valence electrons. The van der Waals surface area contributed by atoms with E-state index in [2.05, 4.69) is 6.92 Å². The molecule has 0 amide bonds. The number of halogens is 3. The molecule has 0 saturated heterocycles. The lowest BCUT2D eigenvalue weighted by molar-refractivity contribution is 0.113. The van der Waals surface area contributed by atoms with Crippen molar-refractivity contribution in [1.29, 1.82) is 0 Å². The third-order valence-electron chi connectivity index (χ3n) is 7.92. The number of fused-ring (bicyclic) bond motifs is 1. The Balaban J connectivity index is 1.43. The number of hydrogen-bond donors (Lipinski definition) is 0. The number of unbranched alkanes of at least 4 members (excludes halogenated alkanes) is 2. The zero-order valence-corrected chi connectivity index (χ0v) is 19.3. The highest BCUT2D eigenvalue weighted by Gasteiger charge is 2.36. The van der Waals surface area contributed by atoms with E-state index < -0.39 is 23.2 Å². The Kier molecular flexibility index (Phi) is 7.48. The fourth-order valence-electron chi connectivity index (χ4n) is 6.16. The van der Waals surface area contributed by atoms with E-state index >= 15 is 0 Å². The topological polar surface area (TPSA) is 9.23 Å². The number of benzene rings is 2. The van der Waals surface area contributed by atoms with Crippen LogP contribution in [0.25, 0.3) is 11.1 Å². The molecular weight excluding hydrogens is 409 g/mol. The average molecular weight is 445 g/mol. The van der Waals surface area contributed by atoms with Crippen molar-refractivity contribution in [3.63, 3.8) is 0 Å². The zero-order valence-electron chi connectivity index (χ0n) is 19.3. The highest BCUT2D eigenvalue weighted by atomic mass is 19.1. The van der Waals surface area contributed by atoms with Crippen molar-refractivity contribution in [3.05, 3.63) is 53.3 Å². The minimum absolute atomic E-state index is 0.190. The van der Waals surface area contributed by atoms with Crippen LogP contribution in [0.4, 0.5) is 13.2 Å². The van der Waals surface area contributed by atoms with Crippen molar-refractivity contribution < 1.29 is 17.9 Å². The summed E-state index contributed by atoms with van der Waals surface area (Å²) in [5, 5.41) is 0. The van der Waals surface area contributed by atoms with Crippen LogP contribution in [0.5, 0.6) is 5.75 Å². The second-order valence-electron chi connectivity index (χ2n) is 9.92. The molecule has 32 heavy (non-hydrogen) atoms. The average Bonchev–Trinajstić information content (AvgIpc) is 2.78. The maximum Gasteiger partial charge on any atom is 0.190 e. The Labute approximate surface area is 190 Å². The SMILES string of the molecule is CCCCCC1CC[C@@H]2C[C@H](c3ccc(-c4cc(F)c(OC)c(F)c4)c(F)c3)CC[C@@H]2C1. The van der Waals surface area contributed by atoms with Crippen LogP contribution >= 0.6 is 0 Å². The molecule has 2 aliphatic rings. The molecule has 2 aromatic carbocycles. The van der Waals surface area contributed by atoms with Gasteiger partial charge in [0.05, 0.1) is 7.11 Å². The van der Waals surface area contributed by atoms with E-state index in [0.29, 0.717) is 5.92 Å². The quantitative estimate of drug-likeness (QED) is 0.388. The van der Waals surface area contributed by atoms with Gasteiger partial charge in [0.1, 0.15) is 5.82 Å². The van der Waals surface area contributed by atoms with Crippen LogP contribution in [0, 0.1) is 35.2 Å². The Morgan fingerprint density at radius 3 is 2.25 bits per heavy atom. The highest BCUT2D eigenvalue weighted by molar-refractivity contribution is 5.66. The first-order valence-corrected chi connectivity index (χ1v) is 12.3. The van der Waals surface area contributed by atoms with E-state index in [1.165, 1.54) is 58.5 Å². The zero-order chi connectivity index (χ0) is 22.7. The maximum absolute atomic E-state index is 15.0. The third kappa shape index (κ3) is 5.00. The molecule has 0 aromatic heterocycles. The smallest absolute Gasteiger partial charge is 0.190 e. The molecule has 4 heteroatoms. The molecule has 0 bridgehead atoms. The third-order valence-corrected chi connectivity index (χ3v) is 7.92. The lowest BCUT2D eigenvalue weighted by Gasteiger charge is -2.42. The molecule has 0 aliphatic heterocycles. The molecule has 1 unspecified atom stereocenters. The fourth-order valence-corrected chi connectivity index (χ4v) is 6.16. The lowest BCUT2D eigenvalue weighted by atomic mass is 9.63. The minimum atomic E-state index is -0.824. The van der Waals surface area contributed by atoms with Gasteiger partial charge in [0.2, 0.25) is 0 Å². The summed E-state index contributed by atoms with van der Waals surface area (Å²) in [5.74, 6) is 0.354. The van der Waals surface area contributed by atoms with Crippen molar-refractivity contribution in [2.45, 2.75) is 77.0 Å². The number of ether oxygens (including phenoxy) is 1. The van der Waals surface area contributed by atoms with Gasteiger partial charge < -0.3 is 4.74 Å². The van der Waals surface area contributed by atoms with Gasteiger partial charge in [-0.15, -0.1) is 0 Å². The van der Waals surface area contributed by atoms with Gasteiger partial charge in [0.25, 0.3) is 0 Å². The van der Waals surface area contributed by atoms with Crippen LogP contribution in [-0.2, 0) is 0 Å². The van der Waals surface area contributed by atoms with Gasteiger partial charge in [0, 0.05) is 5.56 Å². The Bertz CT molecular complexity index is 902. The second kappa shape index (κ2) is 10.3. The number of rotatable bonds is 7. The van der Waals surface area contributed by atoms with Gasteiger partial charge in [0.15, 0.2) is 17.4 Å². The first-order chi connectivity index (χ1) is 15.5. The summed E-state index contributed by atoms with van der Waals surface area (Å²) in [6.07, 6.45) is 12.9. The summed E-state index contributed by atoms with van der Waals surface area (Å²) >= 11 is 0. The van der Waals surface area contributed by atoms with Gasteiger partial charge in [-0.05, 0) is 85.1 Å². The van der Waals surface area contributed by atoms with E-state index in [1.54, 1.807) is 12.1 Å². The van der Waals surface area contributed by atoms with E-state index in [4.69, 9.17) is 4.74 Å². The molecule has 0 heterocycles. The Morgan fingerprint density at radius 2 is 1.56 bits per heavy atom. The molecule has 2 fully saturated rings. The van der Waals surface area contributed by atoms with E-state index in [9.17, 15) is 13.2 Å². The molecule has 2 aliphatic carbocycles. The monoisotopic (exact) mass is 444 g/mol. The summed E-state index contributed by atoms with van der Waals surface area (Å²) in [6, 6.07) is 7.45. The summed E-state index contributed by atoms with van der Waals surface area (Å²) in [5.41, 5.74) is 1.43. The van der Waals surface area contributed by atoms with Crippen LogP contribution in [0.15, 0.2) is 30.3 Å². The van der Waals surface area contributed by atoms with Crippen molar-refractivity contribution >= 4 is 0 Å². The molecule has 4 atom stereocenters. The lowest BCUT2D eigenvalue weighted by Crippen LogP contribution is -2.30. The summed E-state index contributed by atoms with van der Waals surface area (Å²) in [6.45, 7) is 2.26. The first kappa shape index (κ1) is 23.2. The van der Waals surface area contributed by atoms with Gasteiger partial charge in [-0.3, -0.25) is 0 Å². The van der Waals surface area contributed by atoms with Crippen molar-refractivity contribution in [3.8, 4) is 16.9 Å². The normalized spacial score (nSPS) is 25.4. The van der Waals surface area contributed by atoms with Gasteiger partial charge in [-0.1, -0.05) is 51.2 Å². The molecular formula is C28H35F3O. The van der Waals surface area contributed by atoms with E-state index in [0.717, 1.165) is 48.3 Å². The summed E-state index contributed by atoms with van der Waals surface area (Å²) < 4.78 is 47.9. The van der Waals surface area contributed by atoms with E-state index in [-0.39, 0.29) is 11.1 Å². The molecule has 0 N–H and O–H groups in total. The van der Waals surface area contributed by atoms with Crippen LogP contribution in [0.1, 0.15) is 82.6 Å². The number of hydrogen-bond acceptors (Lipinski definition) is 1. The van der Waals surface area contributed by atoms with Gasteiger partial charge >= 0.3 is 0 Å². The van der Waals surface area contributed by atoms with Crippen LogP contribution in [-0.4, -0.2) is 7.11 Å². The molecule has 2 saturated carbocycles. The standard InChI is InChI=1S/C28H35F3O/c1-3-4-5-6-18-7-8-20-14-21(10-9-19(20)13-18)22-11-12-24(25(29)15-22)23-16-26(30)28(32-2)27(31)17-23/h11-12,15-21H,3-10,13-14H2,1-2H3/t18?,19-,20-,21-/m1/s1. The molecule has 0 spiro atoms. The van der Waals surface area contributed by atoms with Crippen LogP contribution in [0.2, 0.25) is 0 Å². The van der Waals surface area contributed by atoms with Gasteiger partial charge in [-0.2, -0.15) is 0 Å². The molecule has 4 rings (SSSR count). The largest absolute Gasteiger partial charge is 0.491 e. The van der Waals surface area contributed by atoms with Gasteiger partial charge in [-0.25, -0.2) is 13.2 Å². The molecule has 0 radical (unpaired) electrons. The first-order valence-electron chi connectivity index (χ1n) is 12.3. The Hall–Kier alpha value is -1.97.